The van der Waals surface area contributed by atoms with Gasteiger partial charge in [0.25, 0.3) is 5.91 Å². The predicted octanol–water partition coefficient (Wildman–Crippen LogP) is 3.79. The van der Waals surface area contributed by atoms with Crippen LogP contribution in [0.1, 0.15) is 41.9 Å². The summed E-state index contributed by atoms with van der Waals surface area (Å²) < 4.78 is 16.6. The molecule has 0 aliphatic carbocycles. The lowest BCUT2D eigenvalue weighted by atomic mass is 9.97. The van der Waals surface area contributed by atoms with Gasteiger partial charge in [-0.1, -0.05) is 24.3 Å². The van der Waals surface area contributed by atoms with Crippen LogP contribution in [0.2, 0.25) is 0 Å². The highest BCUT2D eigenvalue weighted by atomic mass is 16.5. The third-order valence-electron chi connectivity index (χ3n) is 5.24. The first-order chi connectivity index (χ1) is 14.7. The molecule has 1 fully saturated rings. The minimum Gasteiger partial charge on any atom is -0.483 e. The molecule has 1 aliphatic rings. The molecule has 0 radical (unpaired) electrons. The minimum atomic E-state index is -0.459. The summed E-state index contributed by atoms with van der Waals surface area (Å²) in [5.74, 6) is 0.727. The summed E-state index contributed by atoms with van der Waals surface area (Å²) in [5.41, 5.74) is 1.97. The van der Waals surface area contributed by atoms with Crippen molar-refractivity contribution in [2.75, 3.05) is 26.3 Å². The molecule has 1 amide bonds. The molecule has 1 aliphatic heterocycles. The molecule has 0 N–H and O–H groups in total. The number of amides is 1. The number of para-hydroxylation sites is 3. The van der Waals surface area contributed by atoms with Crippen LogP contribution >= 0.6 is 0 Å². The smallest absolute Gasteiger partial charge is 0.341 e. The fraction of sp³-hybridized carbons (Fsp3) is 0.348. The number of carbonyl (C=O) groups excluding carboxylic acids is 2. The van der Waals surface area contributed by atoms with Gasteiger partial charge in [-0.3, -0.25) is 4.79 Å². The molecule has 1 saturated heterocycles. The van der Waals surface area contributed by atoms with Crippen LogP contribution in [0.4, 0.5) is 0 Å². The van der Waals surface area contributed by atoms with E-state index >= 15 is 0 Å². The maximum atomic E-state index is 12.6. The van der Waals surface area contributed by atoms with Crippen molar-refractivity contribution in [3.63, 3.8) is 0 Å². The summed E-state index contributed by atoms with van der Waals surface area (Å²) in [6.45, 7) is 3.14. The molecule has 4 rings (SSSR count). The second-order valence-electron chi connectivity index (χ2n) is 7.18. The molecular formula is C23H24N2O5. The zero-order valence-electron chi connectivity index (χ0n) is 16.9. The molecule has 0 saturated carbocycles. The van der Waals surface area contributed by atoms with Gasteiger partial charge in [0.05, 0.1) is 6.61 Å². The summed E-state index contributed by atoms with van der Waals surface area (Å²) in [5, 5.41) is 0. The number of aromatic nitrogens is 1. The summed E-state index contributed by atoms with van der Waals surface area (Å²) in [4.78, 5) is 31.0. The second-order valence-corrected chi connectivity index (χ2v) is 7.18. The van der Waals surface area contributed by atoms with Gasteiger partial charge in [-0.05, 0) is 44.0 Å². The number of oxazole rings is 1. The fourth-order valence-electron chi connectivity index (χ4n) is 3.64. The van der Waals surface area contributed by atoms with Crippen molar-refractivity contribution in [1.29, 1.82) is 0 Å². The monoisotopic (exact) mass is 408 g/mol. The van der Waals surface area contributed by atoms with Gasteiger partial charge in [0, 0.05) is 19.0 Å². The van der Waals surface area contributed by atoms with Gasteiger partial charge in [-0.2, -0.15) is 0 Å². The molecule has 7 nitrogen and oxygen atoms in total. The summed E-state index contributed by atoms with van der Waals surface area (Å²) in [6.07, 6.45) is 1.58. The number of nitrogens with zero attached hydrogens (tertiary/aromatic N) is 2. The van der Waals surface area contributed by atoms with E-state index in [-0.39, 0.29) is 25.0 Å². The Hall–Kier alpha value is -3.35. The number of piperidine rings is 1. The number of likely N-dealkylation sites (tertiary alicyclic amines) is 1. The zero-order chi connectivity index (χ0) is 20.9. The molecular weight excluding hydrogens is 384 g/mol. The Balaban J connectivity index is 1.32. The van der Waals surface area contributed by atoms with Crippen LogP contribution in [0.5, 0.6) is 5.75 Å². The minimum absolute atomic E-state index is 0.107. The van der Waals surface area contributed by atoms with Crippen molar-refractivity contribution in [2.24, 2.45) is 0 Å². The van der Waals surface area contributed by atoms with Crippen molar-refractivity contribution >= 4 is 23.0 Å². The van der Waals surface area contributed by atoms with Crippen LogP contribution in [0.15, 0.2) is 52.9 Å². The van der Waals surface area contributed by atoms with E-state index in [1.54, 1.807) is 36.1 Å². The number of rotatable bonds is 6. The van der Waals surface area contributed by atoms with Gasteiger partial charge < -0.3 is 18.8 Å². The molecule has 0 bridgehead atoms. The molecule has 0 unspecified atom stereocenters. The lowest BCUT2D eigenvalue weighted by Gasteiger charge is -2.30. The Labute approximate surface area is 174 Å². The maximum absolute atomic E-state index is 12.6. The van der Waals surface area contributed by atoms with Crippen molar-refractivity contribution in [1.82, 2.24) is 9.88 Å². The maximum Gasteiger partial charge on any atom is 0.341 e. The lowest BCUT2D eigenvalue weighted by Crippen LogP contribution is -2.40. The van der Waals surface area contributed by atoms with Crippen molar-refractivity contribution in [3.8, 4) is 5.75 Å². The largest absolute Gasteiger partial charge is 0.483 e. The Morgan fingerprint density at radius 3 is 2.60 bits per heavy atom. The summed E-state index contributed by atoms with van der Waals surface area (Å²) in [7, 11) is 0. The highest BCUT2D eigenvalue weighted by Crippen LogP contribution is 2.30. The molecule has 0 atom stereocenters. The van der Waals surface area contributed by atoms with E-state index in [1.165, 1.54) is 0 Å². The van der Waals surface area contributed by atoms with Crippen LogP contribution in [-0.4, -0.2) is 48.1 Å². The van der Waals surface area contributed by atoms with Gasteiger partial charge in [0.2, 0.25) is 0 Å². The molecule has 2 aromatic carbocycles. The highest BCUT2D eigenvalue weighted by Gasteiger charge is 2.27. The highest BCUT2D eigenvalue weighted by molar-refractivity contribution is 5.92. The molecule has 156 valence electrons. The van der Waals surface area contributed by atoms with Crippen LogP contribution in [0.3, 0.4) is 0 Å². The first kappa shape index (κ1) is 19.9. The average molecular weight is 408 g/mol. The van der Waals surface area contributed by atoms with Gasteiger partial charge in [-0.15, -0.1) is 0 Å². The lowest BCUT2D eigenvalue weighted by molar-refractivity contribution is -0.134. The summed E-state index contributed by atoms with van der Waals surface area (Å²) in [6, 6.07) is 14.5. The van der Waals surface area contributed by atoms with Gasteiger partial charge >= 0.3 is 5.97 Å². The van der Waals surface area contributed by atoms with E-state index in [0.717, 1.165) is 29.8 Å². The average Bonchev–Trinajstić information content (AvgIpc) is 3.22. The standard InChI is InChI=1S/C23H24N2O5/c1-2-28-23(27)17-7-3-5-9-19(17)29-15-21(26)25-13-11-16(12-14-25)22-24-18-8-4-6-10-20(18)30-22/h3-10,16H,2,11-15H2,1H3. The predicted molar refractivity (Wildman–Crippen MR) is 110 cm³/mol. The third-order valence-corrected chi connectivity index (χ3v) is 5.24. The SMILES string of the molecule is CCOC(=O)c1ccccc1OCC(=O)N1CCC(c2nc3ccccc3o2)CC1. The van der Waals surface area contributed by atoms with Crippen LogP contribution in [0, 0.1) is 0 Å². The number of esters is 1. The number of benzene rings is 2. The number of carbonyl (C=O) groups is 2. The zero-order valence-corrected chi connectivity index (χ0v) is 16.9. The number of fused-ring (bicyclic) bond motifs is 1. The Morgan fingerprint density at radius 1 is 1.10 bits per heavy atom. The van der Waals surface area contributed by atoms with E-state index in [9.17, 15) is 9.59 Å². The molecule has 30 heavy (non-hydrogen) atoms. The van der Waals surface area contributed by atoms with Crippen LogP contribution in [-0.2, 0) is 9.53 Å². The van der Waals surface area contributed by atoms with E-state index < -0.39 is 5.97 Å². The quantitative estimate of drug-likeness (QED) is 0.577. The molecule has 0 spiro atoms. The summed E-state index contributed by atoms with van der Waals surface area (Å²) >= 11 is 0. The Kier molecular flexibility index (Phi) is 5.97. The van der Waals surface area contributed by atoms with Gasteiger partial charge in [0.1, 0.15) is 16.8 Å². The first-order valence-corrected chi connectivity index (χ1v) is 10.2. The van der Waals surface area contributed by atoms with Crippen molar-refractivity contribution in [2.45, 2.75) is 25.7 Å². The molecule has 2 heterocycles. The molecule has 3 aromatic rings. The second kappa shape index (κ2) is 8.98. The fourth-order valence-corrected chi connectivity index (χ4v) is 3.64. The number of hydrogen-bond donors (Lipinski definition) is 0. The van der Waals surface area contributed by atoms with Crippen molar-refractivity contribution < 1.29 is 23.5 Å². The van der Waals surface area contributed by atoms with Gasteiger partial charge in [-0.25, -0.2) is 9.78 Å². The first-order valence-electron chi connectivity index (χ1n) is 10.2. The van der Waals surface area contributed by atoms with E-state index in [2.05, 4.69) is 4.98 Å². The molecule has 1 aromatic heterocycles. The topological polar surface area (TPSA) is 81.9 Å². The van der Waals surface area contributed by atoms with Gasteiger partial charge in [0.15, 0.2) is 18.1 Å². The van der Waals surface area contributed by atoms with E-state index in [1.807, 2.05) is 24.3 Å². The van der Waals surface area contributed by atoms with Crippen LogP contribution in [0.25, 0.3) is 11.1 Å². The molecule has 7 heteroatoms. The Bertz CT molecular complexity index is 1000. The normalized spacial score (nSPS) is 14.6. The van der Waals surface area contributed by atoms with E-state index in [4.69, 9.17) is 13.9 Å². The van der Waals surface area contributed by atoms with E-state index in [0.29, 0.717) is 24.4 Å². The number of hydrogen-bond acceptors (Lipinski definition) is 6. The van der Waals surface area contributed by atoms with Crippen molar-refractivity contribution in [3.05, 3.63) is 60.0 Å². The third kappa shape index (κ3) is 4.30. The van der Waals surface area contributed by atoms with Crippen LogP contribution < -0.4 is 4.74 Å². The Morgan fingerprint density at radius 2 is 1.83 bits per heavy atom. The number of ether oxygens (including phenoxy) is 2.